The van der Waals surface area contributed by atoms with E-state index in [2.05, 4.69) is 19.2 Å². The van der Waals surface area contributed by atoms with E-state index in [4.69, 9.17) is 11.6 Å². The number of hydrogen-bond acceptors (Lipinski definition) is 3. The average molecular weight is 485 g/mol. The second-order valence-electron chi connectivity index (χ2n) is 8.42. The van der Waals surface area contributed by atoms with Crippen molar-refractivity contribution in [3.05, 3.63) is 95.0 Å². The van der Waals surface area contributed by atoms with Crippen molar-refractivity contribution in [2.45, 2.75) is 38.1 Å². The van der Waals surface area contributed by atoms with Gasteiger partial charge < -0.3 is 5.32 Å². The molecule has 0 aliphatic carbocycles. The van der Waals surface area contributed by atoms with Gasteiger partial charge in [-0.2, -0.15) is 0 Å². The number of hydrogen-bond donors (Lipinski definition) is 1. The van der Waals surface area contributed by atoms with Gasteiger partial charge in [-0.15, -0.1) is 0 Å². The molecule has 3 rings (SSSR count). The summed E-state index contributed by atoms with van der Waals surface area (Å²) in [5.41, 5.74) is 2.14. The number of aryl methyl sites for hydroxylation is 1. The second kappa shape index (κ2) is 10.9. The fourth-order valence-corrected chi connectivity index (χ4v) is 5.19. The smallest absolute Gasteiger partial charge is 0.264 e. The van der Waals surface area contributed by atoms with Crippen LogP contribution in [-0.4, -0.2) is 20.9 Å². The third-order valence-electron chi connectivity index (χ3n) is 5.31. The number of benzene rings is 3. The molecule has 1 N–H and O–H groups in total. The molecule has 0 saturated carbocycles. The summed E-state index contributed by atoms with van der Waals surface area (Å²) in [6.45, 7) is 5.65. The Morgan fingerprint density at radius 1 is 0.970 bits per heavy atom. The fourth-order valence-electron chi connectivity index (χ4n) is 3.58. The molecule has 0 unspecified atom stereocenters. The Kier molecular flexibility index (Phi) is 8.16. The Morgan fingerprint density at radius 2 is 1.58 bits per heavy atom. The van der Waals surface area contributed by atoms with E-state index in [9.17, 15) is 13.2 Å². The molecule has 0 saturated heterocycles. The first kappa shape index (κ1) is 24.8. The number of nitrogens with one attached hydrogen (secondary N) is 1. The summed E-state index contributed by atoms with van der Waals surface area (Å²) in [4.78, 5) is 13.3. The highest BCUT2D eigenvalue weighted by molar-refractivity contribution is 7.92. The minimum absolute atomic E-state index is 0.108. The molecule has 7 heteroatoms. The van der Waals surface area contributed by atoms with Gasteiger partial charge in [0.1, 0.15) is 6.54 Å². The Hall–Kier alpha value is -2.83. The zero-order valence-corrected chi connectivity index (χ0v) is 20.6. The van der Waals surface area contributed by atoms with E-state index in [0.29, 0.717) is 16.6 Å². The van der Waals surface area contributed by atoms with E-state index in [1.165, 1.54) is 12.1 Å². The molecule has 174 valence electrons. The van der Waals surface area contributed by atoms with Gasteiger partial charge in [0.2, 0.25) is 5.91 Å². The number of nitrogens with zero attached hydrogens (tertiary/aromatic N) is 1. The number of sulfonamides is 1. The molecule has 0 aliphatic rings. The summed E-state index contributed by atoms with van der Waals surface area (Å²) >= 11 is 6.29. The van der Waals surface area contributed by atoms with Gasteiger partial charge in [0.15, 0.2) is 0 Å². The highest BCUT2D eigenvalue weighted by Gasteiger charge is 2.28. The van der Waals surface area contributed by atoms with Crippen molar-refractivity contribution in [3.8, 4) is 0 Å². The van der Waals surface area contributed by atoms with Gasteiger partial charge in [-0.25, -0.2) is 8.42 Å². The molecule has 0 fully saturated rings. The number of amides is 1. The van der Waals surface area contributed by atoms with Crippen LogP contribution in [0.4, 0.5) is 5.69 Å². The SMILES string of the molecule is Cc1ccc(N(CC(=O)N[C@H](CC(C)C)c2ccccc2)S(=O)(=O)c2ccccc2)cc1Cl. The summed E-state index contributed by atoms with van der Waals surface area (Å²) in [6.07, 6.45) is 0.734. The summed E-state index contributed by atoms with van der Waals surface area (Å²) in [6, 6.07) is 22.6. The zero-order chi connectivity index (χ0) is 24.0. The molecule has 0 aromatic heterocycles. The second-order valence-corrected chi connectivity index (χ2v) is 10.7. The van der Waals surface area contributed by atoms with Crippen molar-refractivity contribution in [1.29, 1.82) is 0 Å². The van der Waals surface area contributed by atoms with Gasteiger partial charge in [0.05, 0.1) is 16.6 Å². The first-order chi connectivity index (χ1) is 15.7. The van der Waals surface area contributed by atoms with Crippen LogP contribution in [0.15, 0.2) is 83.8 Å². The molecule has 33 heavy (non-hydrogen) atoms. The van der Waals surface area contributed by atoms with Crippen molar-refractivity contribution in [3.63, 3.8) is 0 Å². The lowest BCUT2D eigenvalue weighted by atomic mass is 9.97. The molecule has 0 spiro atoms. The van der Waals surface area contributed by atoms with E-state index in [1.54, 1.807) is 36.4 Å². The van der Waals surface area contributed by atoms with Gasteiger partial charge in [0, 0.05) is 5.02 Å². The molecule has 1 amide bonds. The summed E-state index contributed by atoms with van der Waals surface area (Å²) < 4.78 is 28.1. The molecule has 5 nitrogen and oxygen atoms in total. The summed E-state index contributed by atoms with van der Waals surface area (Å²) in [5.74, 6) is -0.0451. The van der Waals surface area contributed by atoms with Crippen molar-refractivity contribution in [2.24, 2.45) is 5.92 Å². The zero-order valence-electron chi connectivity index (χ0n) is 19.0. The van der Waals surface area contributed by atoms with Crippen molar-refractivity contribution < 1.29 is 13.2 Å². The Labute approximate surface area is 201 Å². The lowest BCUT2D eigenvalue weighted by molar-refractivity contribution is -0.120. The molecular formula is C26H29ClN2O3S. The lowest BCUT2D eigenvalue weighted by Gasteiger charge is -2.27. The maximum Gasteiger partial charge on any atom is 0.264 e. The Bertz CT molecular complexity index is 1180. The molecule has 3 aromatic rings. The van der Waals surface area contributed by atoms with Crippen molar-refractivity contribution >= 4 is 33.2 Å². The van der Waals surface area contributed by atoms with E-state index in [-0.39, 0.29) is 23.4 Å². The quantitative estimate of drug-likeness (QED) is 0.420. The highest BCUT2D eigenvalue weighted by Crippen LogP contribution is 2.28. The standard InChI is InChI=1S/C26H29ClN2O3S/c1-19(2)16-25(21-10-6-4-7-11-21)28-26(30)18-29(22-15-14-20(3)24(27)17-22)33(31,32)23-12-8-5-9-13-23/h4-15,17,19,25H,16,18H2,1-3H3,(H,28,30)/t25-/m1/s1. The number of anilines is 1. The van der Waals surface area contributed by atoms with Crippen LogP contribution in [0, 0.1) is 12.8 Å². The third kappa shape index (κ3) is 6.36. The first-order valence-corrected chi connectivity index (χ1v) is 12.7. The maximum absolute atomic E-state index is 13.5. The van der Waals surface area contributed by atoms with Crippen LogP contribution in [-0.2, 0) is 14.8 Å². The number of carbonyl (C=O) groups excluding carboxylic acids is 1. The largest absolute Gasteiger partial charge is 0.348 e. The highest BCUT2D eigenvalue weighted by atomic mass is 35.5. The van der Waals surface area contributed by atoms with Crippen LogP contribution in [0.2, 0.25) is 5.02 Å². The van der Waals surface area contributed by atoms with Gasteiger partial charge in [-0.1, -0.05) is 80.0 Å². The average Bonchev–Trinajstić information content (AvgIpc) is 2.80. The number of carbonyl (C=O) groups is 1. The van der Waals surface area contributed by atoms with E-state index >= 15 is 0 Å². The Morgan fingerprint density at radius 3 is 2.15 bits per heavy atom. The van der Waals surface area contributed by atoms with Crippen LogP contribution in [0.25, 0.3) is 0 Å². The van der Waals surface area contributed by atoms with Crippen molar-refractivity contribution in [2.75, 3.05) is 10.8 Å². The number of halogens is 1. The molecule has 0 radical (unpaired) electrons. The van der Waals surface area contributed by atoms with Crippen LogP contribution in [0.5, 0.6) is 0 Å². The maximum atomic E-state index is 13.5. The van der Waals surface area contributed by atoms with Gasteiger partial charge in [-0.05, 0) is 54.7 Å². The normalized spacial score (nSPS) is 12.4. The topological polar surface area (TPSA) is 66.5 Å². The first-order valence-electron chi connectivity index (χ1n) is 10.9. The molecule has 3 aromatic carbocycles. The minimum Gasteiger partial charge on any atom is -0.348 e. The molecular weight excluding hydrogens is 456 g/mol. The van der Waals surface area contributed by atoms with E-state index in [0.717, 1.165) is 21.9 Å². The van der Waals surface area contributed by atoms with Crippen LogP contribution in [0.1, 0.15) is 37.4 Å². The van der Waals surface area contributed by atoms with E-state index in [1.807, 2.05) is 37.3 Å². The summed E-state index contributed by atoms with van der Waals surface area (Å²) in [5, 5.41) is 3.47. The van der Waals surface area contributed by atoms with Crippen LogP contribution >= 0.6 is 11.6 Å². The number of rotatable bonds is 9. The fraction of sp³-hybridized carbons (Fsp3) is 0.269. The van der Waals surface area contributed by atoms with Crippen molar-refractivity contribution in [1.82, 2.24) is 5.32 Å². The molecule has 1 atom stereocenters. The van der Waals surface area contributed by atoms with E-state index < -0.39 is 10.0 Å². The summed E-state index contributed by atoms with van der Waals surface area (Å²) in [7, 11) is -3.99. The molecule has 0 aliphatic heterocycles. The minimum atomic E-state index is -3.99. The third-order valence-corrected chi connectivity index (χ3v) is 7.50. The lowest BCUT2D eigenvalue weighted by Crippen LogP contribution is -2.42. The predicted molar refractivity (Wildman–Crippen MR) is 134 cm³/mol. The predicted octanol–water partition coefficient (Wildman–Crippen LogP) is 5.75. The Balaban J connectivity index is 1.94. The monoisotopic (exact) mass is 484 g/mol. The molecule has 0 heterocycles. The van der Waals surface area contributed by atoms with Crippen LogP contribution < -0.4 is 9.62 Å². The van der Waals surface area contributed by atoms with Gasteiger partial charge in [-0.3, -0.25) is 9.10 Å². The van der Waals surface area contributed by atoms with Gasteiger partial charge in [0.25, 0.3) is 10.0 Å². The van der Waals surface area contributed by atoms with Crippen LogP contribution in [0.3, 0.4) is 0 Å². The molecule has 0 bridgehead atoms. The van der Waals surface area contributed by atoms with Gasteiger partial charge >= 0.3 is 0 Å².